The molecule has 0 fully saturated rings. The molecule has 0 heterocycles. The van der Waals surface area contributed by atoms with Gasteiger partial charge >= 0.3 is 35.5 Å². The second-order valence-electron chi connectivity index (χ2n) is 20.1. The Labute approximate surface area is 375 Å². The summed E-state index contributed by atoms with van der Waals surface area (Å²) in [6.45, 7) is 5.10. The molecule has 65 heavy (non-hydrogen) atoms. The molecular weight excluding hydrogens is 869 g/mol. The highest BCUT2D eigenvalue weighted by molar-refractivity contribution is 5.84. The molecule has 0 spiro atoms. The lowest BCUT2D eigenvalue weighted by atomic mass is 9.70. The molecule has 0 saturated heterocycles. The molecule has 4 aromatic rings. The van der Waals surface area contributed by atoms with E-state index in [1.165, 1.54) is 6.07 Å². The number of fused-ring (bicyclic) bond motifs is 3. The van der Waals surface area contributed by atoms with E-state index < -0.39 is 52.1 Å². The van der Waals surface area contributed by atoms with Crippen molar-refractivity contribution in [3.63, 3.8) is 0 Å². The third kappa shape index (κ3) is 10.1. The molecular formula is C51H62F12N2+2. The van der Waals surface area contributed by atoms with E-state index in [4.69, 9.17) is 0 Å². The molecule has 5 rings (SSSR count). The monoisotopic (exact) mass is 930 g/mol. The summed E-state index contributed by atoms with van der Waals surface area (Å²) >= 11 is 0. The van der Waals surface area contributed by atoms with Crippen molar-refractivity contribution in [1.82, 2.24) is 0 Å². The van der Waals surface area contributed by atoms with Crippen molar-refractivity contribution in [2.24, 2.45) is 0 Å². The number of quaternary nitrogens is 2. The Balaban J connectivity index is 1.53. The highest BCUT2D eigenvalue weighted by Gasteiger charge is 2.90. The molecule has 14 heteroatoms. The van der Waals surface area contributed by atoms with Crippen molar-refractivity contribution in [1.29, 1.82) is 0 Å². The van der Waals surface area contributed by atoms with Gasteiger partial charge in [-0.15, -0.1) is 0 Å². The zero-order valence-corrected chi connectivity index (χ0v) is 38.5. The number of benzene rings is 4. The lowest BCUT2D eigenvalue weighted by Gasteiger charge is -2.41. The third-order valence-corrected chi connectivity index (χ3v) is 12.8. The lowest BCUT2D eigenvalue weighted by molar-refractivity contribution is -0.870. The number of hydrogen-bond acceptors (Lipinski definition) is 0. The molecule has 0 aliphatic heterocycles. The minimum atomic E-state index is -7.70. The Kier molecular flexibility index (Phi) is 14.8. The zero-order chi connectivity index (χ0) is 48.7. The molecule has 0 saturated carbocycles. The molecule has 1 aliphatic carbocycles. The molecule has 0 radical (unpaired) electrons. The van der Waals surface area contributed by atoms with Gasteiger partial charge in [0.15, 0.2) is 0 Å². The van der Waals surface area contributed by atoms with Crippen LogP contribution in [0.3, 0.4) is 0 Å². The summed E-state index contributed by atoms with van der Waals surface area (Å²) in [4.78, 5) is 0. The Bertz CT molecular complexity index is 2240. The first-order chi connectivity index (χ1) is 29.8. The topological polar surface area (TPSA) is 0 Å². The number of aryl methyl sites for hydroxylation is 2. The van der Waals surface area contributed by atoms with Crippen LogP contribution in [-0.2, 0) is 17.3 Å². The van der Waals surface area contributed by atoms with Crippen molar-refractivity contribution in [3.8, 4) is 22.3 Å². The van der Waals surface area contributed by atoms with Gasteiger partial charge in [-0.3, -0.25) is 0 Å². The van der Waals surface area contributed by atoms with E-state index in [2.05, 4.69) is 48.4 Å². The zero-order valence-electron chi connectivity index (χ0n) is 38.5. The molecule has 4 aromatic carbocycles. The number of hydrogen-bond donors (Lipinski definition) is 0. The lowest BCUT2D eigenvalue weighted by Crippen LogP contribution is -2.69. The SMILES string of the molecule is Cc1cccc(C(F)(F)C(F)(F)C(F)(F)C(F)(F)C(F)(F)C(F)(F)c2cccc(-c3ccc4c(c3)C(CCCCCC[N+](C)(C)C)(CCCCCC[N+](C)(C)C)c3cc(C)ccc3-4)c2)c1. The van der Waals surface area contributed by atoms with Crippen LogP contribution >= 0.6 is 0 Å². The number of nitrogens with zero attached hydrogens (tertiary/aromatic N) is 2. The van der Waals surface area contributed by atoms with Crippen LogP contribution in [0.4, 0.5) is 52.7 Å². The standard InChI is InChI=1S/C51H62F12N2/c1-35-19-17-21-39(31-35)46(52,53)48(56,57)50(60,61)51(62,63)49(58,59)47(54,55)40-22-18-20-37(33-40)38-24-26-42-41-25-23-36(2)32-43(41)45(44(42)34-38,27-13-9-11-15-29-64(3,4)5)28-14-10-12-16-30-65(6,7)8/h17-26,31-34H,9-16,27-30H2,1-8H3/q+2. The van der Waals surface area contributed by atoms with Gasteiger partial charge in [0.05, 0.1) is 55.4 Å². The Morgan fingerprint density at radius 2 is 0.800 bits per heavy atom. The third-order valence-electron chi connectivity index (χ3n) is 12.8. The Morgan fingerprint density at radius 3 is 1.28 bits per heavy atom. The van der Waals surface area contributed by atoms with Crippen molar-refractivity contribution in [3.05, 3.63) is 118 Å². The van der Waals surface area contributed by atoms with E-state index in [0.29, 0.717) is 6.07 Å². The summed E-state index contributed by atoms with van der Waals surface area (Å²) in [6, 6.07) is 16.4. The van der Waals surface area contributed by atoms with Crippen LogP contribution in [0, 0.1) is 13.8 Å². The number of halogens is 12. The highest BCUT2D eigenvalue weighted by atomic mass is 19.4. The summed E-state index contributed by atoms with van der Waals surface area (Å²) in [6.07, 6.45) is 9.19. The summed E-state index contributed by atoms with van der Waals surface area (Å²) in [5.74, 6) is -42.4. The molecule has 0 unspecified atom stereocenters. The van der Waals surface area contributed by atoms with E-state index in [1.807, 2.05) is 19.1 Å². The smallest absolute Gasteiger partial charge is 0.331 e. The molecule has 0 aromatic heterocycles. The number of rotatable bonds is 22. The fourth-order valence-corrected chi connectivity index (χ4v) is 9.07. The van der Waals surface area contributed by atoms with Gasteiger partial charge in [-0.2, -0.15) is 52.7 Å². The average molecular weight is 931 g/mol. The Morgan fingerprint density at radius 1 is 0.400 bits per heavy atom. The van der Waals surface area contributed by atoms with Crippen LogP contribution in [0.1, 0.15) is 97.6 Å². The van der Waals surface area contributed by atoms with Crippen LogP contribution in [0.5, 0.6) is 0 Å². The van der Waals surface area contributed by atoms with E-state index >= 15 is 35.1 Å². The predicted molar refractivity (Wildman–Crippen MR) is 234 cm³/mol. The Hall–Kier alpha value is -4.04. The van der Waals surface area contributed by atoms with Crippen LogP contribution in [0.25, 0.3) is 22.3 Å². The van der Waals surface area contributed by atoms with Crippen molar-refractivity contribution in [2.75, 3.05) is 55.4 Å². The summed E-state index contributed by atoms with van der Waals surface area (Å²) < 4.78 is 185. The number of unbranched alkanes of at least 4 members (excludes halogenated alkanes) is 6. The van der Waals surface area contributed by atoms with Gasteiger partial charge in [0, 0.05) is 16.5 Å². The van der Waals surface area contributed by atoms with E-state index in [-0.39, 0.29) is 34.9 Å². The highest BCUT2D eigenvalue weighted by Crippen LogP contribution is 2.64. The minimum absolute atomic E-state index is 0.172. The van der Waals surface area contributed by atoms with E-state index in [1.54, 1.807) is 18.2 Å². The molecule has 358 valence electrons. The van der Waals surface area contributed by atoms with Gasteiger partial charge in [-0.25, -0.2) is 0 Å². The number of alkyl halides is 12. The molecule has 0 atom stereocenters. The largest absolute Gasteiger partial charge is 0.385 e. The second-order valence-corrected chi connectivity index (χ2v) is 20.1. The van der Waals surface area contributed by atoms with Crippen molar-refractivity contribution in [2.45, 2.75) is 119 Å². The van der Waals surface area contributed by atoms with Crippen molar-refractivity contribution >= 4 is 0 Å². The van der Waals surface area contributed by atoms with Gasteiger partial charge < -0.3 is 8.97 Å². The molecule has 0 bridgehead atoms. The molecule has 1 aliphatic rings. The van der Waals surface area contributed by atoms with Gasteiger partial charge in [0.25, 0.3) is 0 Å². The first kappa shape index (κ1) is 51.9. The summed E-state index contributed by atoms with van der Waals surface area (Å²) in [7, 11) is 12.8. The minimum Gasteiger partial charge on any atom is -0.331 e. The van der Waals surface area contributed by atoms with Crippen LogP contribution in [-0.4, -0.2) is 88.0 Å². The van der Waals surface area contributed by atoms with Crippen LogP contribution in [0.15, 0.2) is 84.9 Å². The maximum atomic E-state index is 15.9. The van der Waals surface area contributed by atoms with Gasteiger partial charge in [0.2, 0.25) is 0 Å². The summed E-state index contributed by atoms with van der Waals surface area (Å²) in [5, 5.41) is 0. The molecule has 2 nitrogen and oxygen atoms in total. The normalized spacial score (nSPS) is 15.0. The first-order valence-corrected chi connectivity index (χ1v) is 22.2. The predicted octanol–water partition coefficient (Wildman–Crippen LogP) is 15.0. The summed E-state index contributed by atoms with van der Waals surface area (Å²) in [5.41, 5.74) is 0.413. The van der Waals surface area contributed by atoms with Crippen LogP contribution in [0.2, 0.25) is 0 Å². The average Bonchev–Trinajstić information content (AvgIpc) is 3.47. The maximum Gasteiger partial charge on any atom is 0.385 e. The van der Waals surface area contributed by atoms with Crippen LogP contribution < -0.4 is 0 Å². The quantitative estimate of drug-likeness (QED) is 0.0418. The fourth-order valence-electron chi connectivity index (χ4n) is 9.07. The van der Waals surface area contributed by atoms with E-state index in [0.717, 1.165) is 139 Å². The first-order valence-electron chi connectivity index (χ1n) is 22.2. The van der Waals surface area contributed by atoms with Crippen molar-refractivity contribution < 1.29 is 61.7 Å². The fraction of sp³-hybridized carbons (Fsp3) is 0.529. The maximum absolute atomic E-state index is 15.9. The van der Waals surface area contributed by atoms with Gasteiger partial charge in [0.1, 0.15) is 0 Å². The van der Waals surface area contributed by atoms with Gasteiger partial charge in [-0.05, 0) is 104 Å². The molecule has 0 amide bonds. The van der Waals surface area contributed by atoms with E-state index in [9.17, 15) is 17.6 Å². The van der Waals surface area contributed by atoms with Gasteiger partial charge in [-0.1, -0.05) is 104 Å². The molecule has 0 N–H and O–H groups in total. The second kappa shape index (κ2) is 18.6.